The molecular weight excluding hydrogens is 476 g/mol. The van der Waals surface area contributed by atoms with Gasteiger partial charge in [0.1, 0.15) is 0 Å². The van der Waals surface area contributed by atoms with E-state index in [1.165, 1.54) is 18.7 Å². The minimum absolute atomic E-state index is 0.126. The summed E-state index contributed by atoms with van der Waals surface area (Å²) in [6.07, 6.45) is 1.47. The maximum Gasteiger partial charge on any atom is 0.325 e. The lowest BCUT2D eigenvalue weighted by Gasteiger charge is -2.31. The van der Waals surface area contributed by atoms with Gasteiger partial charge in [-0.1, -0.05) is 64.9 Å². The zero-order valence-electron chi connectivity index (χ0n) is 17.4. The van der Waals surface area contributed by atoms with Crippen molar-refractivity contribution >= 4 is 45.4 Å². The average Bonchev–Trinajstić information content (AvgIpc) is 2.73. The van der Waals surface area contributed by atoms with Gasteiger partial charge in [-0.05, 0) is 47.2 Å². The number of carbonyl (C=O) groups excluding carboxylic acids is 1. The molecule has 8 heteroatoms. The van der Waals surface area contributed by atoms with Crippen LogP contribution in [-0.2, 0) is 4.79 Å². The highest BCUT2D eigenvalue weighted by atomic mass is 79.9. The summed E-state index contributed by atoms with van der Waals surface area (Å²) in [5.74, 6) is 0.643. The molecule has 0 bridgehead atoms. The second kappa shape index (κ2) is 8.80. The van der Waals surface area contributed by atoms with Crippen LogP contribution in [0.2, 0.25) is 0 Å². The number of benzene rings is 2. The molecule has 1 aromatic heterocycles. The number of nitrogens with one attached hydrogen (secondary N) is 1. The molecule has 2 aromatic carbocycles. The van der Waals surface area contributed by atoms with Crippen molar-refractivity contribution in [2.75, 3.05) is 10.7 Å². The summed E-state index contributed by atoms with van der Waals surface area (Å²) in [4.78, 5) is 30.6. The number of aromatic nitrogens is 3. The Hall–Kier alpha value is -2.71. The van der Waals surface area contributed by atoms with E-state index in [9.17, 15) is 9.59 Å². The second-order valence-corrected chi connectivity index (χ2v) is 9.38. The summed E-state index contributed by atoms with van der Waals surface area (Å²) in [5.41, 5.74) is 3.46. The fraction of sp³-hybridized carbons (Fsp3) is 0.217. The summed E-state index contributed by atoms with van der Waals surface area (Å²) in [6, 6.07) is 15.5. The molecular formula is C23H22BrN4O2S+. The van der Waals surface area contributed by atoms with E-state index in [1.54, 1.807) is 9.58 Å². The van der Waals surface area contributed by atoms with Gasteiger partial charge < -0.3 is 0 Å². The number of carbonyl (C=O) groups is 1. The lowest BCUT2D eigenvalue weighted by molar-refractivity contribution is -0.763. The minimum atomic E-state index is -0.556. The molecule has 4 rings (SSSR count). The molecule has 0 saturated heterocycles. The number of anilines is 1. The van der Waals surface area contributed by atoms with Gasteiger partial charge >= 0.3 is 11.3 Å². The van der Waals surface area contributed by atoms with Crippen LogP contribution in [0.3, 0.4) is 0 Å². The molecule has 0 aliphatic carbocycles. The number of nitrogens with zero attached hydrogens (tertiary/aromatic N) is 3. The Labute approximate surface area is 193 Å². The number of fused-ring (bicyclic) bond motifs is 3. The van der Waals surface area contributed by atoms with E-state index in [-0.39, 0.29) is 11.5 Å². The van der Waals surface area contributed by atoms with Crippen molar-refractivity contribution in [1.82, 2.24) is 10.1 Å². The molecule has 1 atom stereocenters. The van der Waals surface area contributed by atoms with Crippen LogP contribution in [-0.4, -0.2) is 21.7 Å². The van der Waals surface area contributed by atoms with Crippen LogP contribution < -0.4 is 15.1 Å². The third-order valence-electron chi connectivity index (χ3n) is 5.03. The van der Waals surface area contributed by atoms with Crippen molar-refractivity contribution < 1.29 is 9.48 Å². The quantitative estimate of drug-likeness (QED) is 0.423. The van der Waals surface area contributed by atoms with E-state index in [4.69, 9.17) is 5.10 Å². The van der Waals surface area contributed by atoms with Crippen molar-refractivity contribution in [3.63, 3.8) is 0 Å². The number of hydrogen-bond donors (Lipinski definition) is 1. The van der Waals surface area contributed by atoms with Crippen LogP contribution in [0, 0.1) is 0 Å². The van der Waals surface area contributed by atoms with Crippen molar-refractivity contribution in [3.8, 4) is 11.3 Å². The Morgan fingerprint density at radius 3 is 2.68 bits per heavy atom. The predicted octanol–water partition coefficient (Wildman–Crippen LogP) is 4.57. The highest BCUT2D eigenvalue weighted by molar-refractivity contribution is 9.10. The minimum Gasteiger partial charge on any atom is -0.291 e. The molecule has 0 radical (unpaired) electrons. The van der Waals surface area contributed by atoms with Crippen molar-refractivity contribution in [2.24, 2.45) is 0 Å². The van der Waals surface area contributed by atoms with Crippen LogP contribution in [0.25, 0.3) is 17.3 Å². The Kier molecular flexibility index (Phi) is 6.11. The summed E-state index contributed by atoms with van der Waals surface area (Å²) in [7, 11) is 0. The molecule has 1 N–H and O–H groups in total. The largest absolute Gasteiger partial charge is 0.325 e. The Balaban J connectivity index is 2.02. The Morgan fingerprint density at radius 1 is 1.26 bits per heavy atom. The molecule has 1 amide bonds. The monoisotopic (exact) mass is 497 g/mol. The highest BCUT2D eigenvalue weighted by Gasteiger charge is 2.44. The molecule has 0 saturated carbocycles. The third kappa shape index (κ3) is 4.09. The van der Waals surface area contributed by atoms with Gasteiger partial charge in [0.25, 0.3) is 6.17 Å². The molecule has 158 valence electrons. The number of hydrogen-bond acceptors (Lipinski definition) is 4. The SMILES string of the molecule is CCSc1n[n+]2c(c(=O)[nH]1)-c1cc(Br)ccc1N(C(C)=O)[C@H]2/C(C)=C/c1ccccc1. The topological polar surface area (TPSA) is 69.9 Å². The Bertz CT molecular complexity index is 1240. The summed E-state index contributed by atoms with van der Waals surface area (Å²) < 4.78 is 2.50. The van der Waals surface area contributed by atoms with Gasteiger partial charge in [0.2, 0.25) is 11.1 Å². The van der Waals surface area contributed by atoms with Gasteiger partial charge in [-0.3, -0.25) is 14.6 Å². The van der Waals surface area contributed by atoms with Crippen LogP contribution in [0.4, 0.5) is 5.69 Å². The number of rotatable bonds is 4. The first-order chi connectivity index (χ1) is 14.9. The lowest BCUT2D eigenvalue weighted by atomic mass is 10.0. The van der Waals surface area contributed by atoms with Crippen LogP contribution in [0.5, 0.6) is 0 Å². The van der Waals surface area contributed by atoms with Gasteiger partial charge in [0.05, 0.1) is 11.3 Å². The maximum absolute atomic E-state index is 13.2. The van der Waals surface area contributed by atoms with E-state index in [0.717, 1.165) is 21.4 Å². The van der Waals surface area contributed by atoms with Crippen LogP contribution in [0.15, 0.2) is 68.5 Å². The number of halogens is 1. The van der Waals surface area contributed by atoms with Crippen LogP contribution in [0.1, 0.15) is 32.5 Å². The van der Waals surface area contributed by atoms with Gasteiger partial charge in [-0.25, -0.2) is 4.90 Å². The van der Waals surface area contributed by atoms with Gasteiger partial charge in [-0.2, -0.15) is 0 Å². The third-order valence-corrected chi connectivity index (χ3v) is 6.27. The smallest absolute Gasteiger partial charge is 0.291 e. The molecule has 2 heterocycles. The van der Waals surface area contributed by atoms with Crippen molar-refractivity contribution in [1.29, 1.82) is 0 Å². The lowest BCUT2D eigenvalue weighted by Crippen LogP contribution is -2.60. The molecule has 1 aliphatic rings. The van der Waals surface area contributed by atoms with E-state index < -0.39 is 6.17 Å². The first-order valence-electron chi connectivity index (χ1n) is 9.92. The fourth-order valence-corrected chi connectivity index (χ4v) is 4.78. The summed E-state index contributed by atoms with van der Waals surface area (Å²) in [5, 5.41) is 5.27. The van der Waals surface area contributed by atoms with E-state index in [1.807, 2.05) is 68.5 Å². The van der Waals surface area contributed by atoms with Crippen molar-refractivity contribution in [2.45, 2.75) is 32.1 Å². The maximum atomic E-state index is 13.2. The second-order valence-electron chi connectivity index (χ2n) is 7.21. The normalized spacial score (nSPS) is 15.4. The molecule has 0 fully saturated rings. The molecule has 3 aromatic rings. The standard InChI is InChI=1S/C23H21BrN4O2S/c1-4-31-23-25-21(30)20-18-13-17(24)10-11-19(18)27(15(3)29)22(28(20)26-23)14(2)12-16-8-6-5-7-9-16/h5-13,22H,4H2,1-3H3/p+1/b14-12+/t22-/m1/s1. The molecule has 6 nitrogen and oxygen atoms in total. The number of amides is 1. The highest BCUT2D eigenvalue weighted by Crippen LogP contribution is 2.39. The predicted molar refractivity (Wildman–Crippen MR) is 127 cm³/mol. The van der Waals surface area contributed by atoms with Crippen LogP contribution >= 0.6 is 27.7 Å². The zero-order valence-corrected chi connectivity index (χ0v) is 19.8. The number of aromatic amines is 1. The average molecular weight is 498 g/mol. The Morgan fingerprint density at radius 2 is 2.00 bits per heavy atom. The van der Waals surface area contributed by atoms with E-state index >= 15 is 0 Å². The van der Waals surface area contributed by atoms with E-state index in [2.05, 4.69) is 20.9 Å². The van der Waals surface area contributed by atoms with Crippen molar-refractivity contribution in [3.05, 3.63) is 74.5 Å². The van der Waals surface area contributed by atoms with E-state index in [0.29, 0.717) is 22.1 Å². The zero-order chi connectivity index (χ0) is 22.1. The summed E-state index contributed by atoms with van der Waals surface area (Å²) >= 11 is 4.94. The summed E-state index contributed by atoms with van der Waals surface area (Å²) in [6.45, 7) is 5.50. The fourth-order valence-electron chi connectivity index (χ4n) is 3.83. The number of H-pyrrole nitrogens is 1. The first-order valence-corrected chi connectivity index (χ1v) is 11.7. The first kappa shape index (κ1) is 21.5. The molecule has 1 aliphatic heterocycles. The van der Waals surface area contributed by atoms with Gasteiger partial charge in [-0.15, -0.1) is 0 Å². The number of thioether (sulfide) groups is 1. The molecule has 0 spiro atoms. The van der Waals surface area contributed by atoms with Gasteiger partial charge in [0, 0.05) is 22.1 Å². The molecule has 0 unspecified atom stereocenters. The van der Waals surface area contributed by atoms with Gasteiger partial charge in [0.15, 0.2) is 0 Å². The molecule has 31 heavy (non-hydrogen) atoms.